The van der Waals surface area contributed by atoms with Crippen molar-refractivity contribution in [1.82, 2.24) is 4.98 Å². The maximum atomic E-state index is 10.9. The van der Waals surface area contributed by atoms with Crippen molar-refractivity contribution < 1.29 is 9.34 Å². The predicted molar refractivity (Wildman–Crippen MR) is 89.4 cm³/mol. The zero-order chi connectivity index (χ0) is 15.8. The van der Waals surface area contributed by atoms with Gasteiger partial charge in [-0.05, 0) is 24.3 Å². The van der Waals surface area contributed by atoms with Crippen LogP contribution in [0.15, 0.2) is 65.1 Å². The SMILES string of the molecule is O=[N+]([O-])c1cccc(-c2ccc(-c3nc4ccccc4s3)o2)c1. The Morgan fingerprint density at radius 3 is 2.65 bits per heavy atom. The number of nitro benzene ring substituents is 1. The first-order valence-corrected chi connectivity index (χ1v) is 7.73. The summed E-state index contributed by atoms with van der Waals surface area (Å²) in [5, 5.41) is 11.7. The lowest BCUT2D eigenvalue weighted by Gasteiger charge is -1.97. The number of furan rings is 1. The number of fused-ring (bicyclic) bond motifs is 1. The molecule has 0 unspecified atom stereocenters. The summed E-state index contributed by atoms with van der Waals surface area (Å²) in [4.78, 5) is 15.0. The third kappa shape index (κ3) is 2.49. The van der Waals surface area contributed by atoms with Crippen LogP contribution in [0.2, 0.25) is 0 Å². The van der Waals surface area contributed by atoms with Crippen molar-refractivity contribution in [1.29, 1.82) is 0 Å². The molecule has 112 valence electrons. The third-order valence-corrected chi connectivity index (χ3v) is 4.50. The number of rotatable bonds is 3. The molecule has 4 rings (SSSR count). The van der Waals surface area contributed by atoms with Crippen molar-refractivity contribution in [3.05, 3.63) is 70.8 Å². The molecule has 0 fully saturated rings. The van der Waals surface area contributed by atoms with E-state index in [4.69, 9.17) is 4.42 Å². The summed E-state index contributed by atoms with van der Waals surface area (Å²) in [6, 6.07) is 17.9. The summed E-state index contributed by atoms with van der Waals surface area (Å²) < 4.78 is 6.94. The molecule has 0 amide bonds. The van der Waals surface area contributed by atoms with E-state index in [2.05, 4.69) is 4.98 Å². The lowest BCUT2D eigenvalue weighted by molar-refractivity contribution is -0.384. The van der Waals surface area contributed by atoms with Gasteiger partial charge in [0.25, 0.3) is 5.69 Å². The average molecular weight is 322 g/mol. The zero-order valence-corrected chi connectivity index (χ0v) is 12.6. The van der Waals surface area contributed by atoms with E-state index in [1.807, 2.05) is 30.3 Å². The van der Waals surface area contributed by atoms with Crippen LogP contribution in [0.1, 0.15) is 0 Å². The molecule has 23 heavy (non-hydrogen) atoms. The van der Waals surface area contributed by atoms with Crippen molar-refractivity contribution in [3.8, 4) is 22.1 Å². The molecule has 0 aliphatic heterocycles. The van der Waals surface area contributed by atoms with Crippen molar-refractivity contribution in [3.63, 3.8) is 0 Å². The van der Waals surface area contributed by atoms with Gasteiger partial charge in [0.1, 0.15) is 5.76 Å². The first-order valence-electron chi connectivity index (χ1n) is 6.91. The second-order valence-corrected chi connectivity index (χ2v) is 5.99. The molecule has 0 atom stereocenters. The maximum absolute atomic E-state index is 10.9. The topological polar surface area (TPSA) is 69.2 Å². The van der Waals surface area contributed by atoms with E-state index in [1.54, 1.807) is 29.5 Å². The van der Waals surface area contributed by atoms with Gasteiger partial charge in [-0.25, -0.2) is 4.98 Å². The molecule has 0 radical (unpaired) electrons. The number of benzene rings is 2. The van der Waals surface area contributed by atoms with Crippen LogP contribution in [0.3, 0.4) is 0 Å². The smallest absolute Gasteiger partial charge is 0.270 e. The zero-order valence-electron chi connectivity index (χ0n) is 11.8. The molecule has 6 heteroatoms. The highest BCUT2D eigenvalue weighted by Crippen LogP contribution is 2.34. The molecule has 0 saturated heterocycles. The third-order valence-electron chi connectivity index (χ3n) is 3.45. The molecule has 0 aliphatic carbocycles. The molecule has 2 heterocycles. The van der Waals surface area contributed by atoms with Crippen molar-refractivity contribution in [2.45, 2.75) is 0 Å². The van der Waals surface area contributed by atoms with Gasteiger partial charge in [0, 0.05) is 17.7 Å². The quantitative estimate of drug-likeness (QED) is 0.387. The van der Waals surface area contributed by atoms with Crippen LogP contribution < -0.4 is 0 Å². The fraction of sp³-hybridized carbons (Fsp3) is 0. The molecule has 0 saturated carbocycles. The van der Waals surface area contributed by atoms with Crippen LogP contribution in [0, 0.1) is 10.1 Å². The first kappa shape index (κ1) is 13.7. The van der Waals surface area contributed by atoms with E-state index in [9.17, 15) is 10.1 Å². The lowest BCUT2D eigenvalue weighted by Crippen LogP contribution is -1.87. The highest BCUT2D eigenvalue weighted by Gasteiger charge is 2.13. The van der Waals surface area contributed by atoms with Crippen LogP contribution in [0.25, 0.3) is 32.3 Å². The van der Waals surface area contributed by atoms with Gasteiger partial charge in [-0.15, -0.1) is 11.3 Å². The summed E-state index contributed by atoms with van der Waals surface area (Å²) in [6.45, 7) is 0. The van der Waals surface area contributed by atoms with Gasteiger partial charge in [0.2, 0.25) is 0 Å². The number of hydrogen-bond acceptors (Lipinski definition) is 5. The van der Waals surface area contributed by atoms with Crippen LogP contribution >= 0.6 is 11.3 Å². The number of nitrogens with zero attached hydrogens (tertiary/aromatic N) is 2. The van der Waals surface area contributed by atoms with Crippen LogP contribution in [-0.2, 0) is 0 Å². The predicted octanol–water partition coefficient (Wildman–Crippen LogP) is 5.13. The highest BCUT2D eigenvalue weighted by atomic mass is 32.1. The van der Waals surface area contributed by atoms with E-state index in [-0.39, 0.29) is 5.69 Å². The summed E-state index contributed by atoms with van der Waals surface area (Å²) in [5.41, 5.74) is 1.65. The maximum Gasteiger partial charge on any atom is 0.270 e. The molecule has 0 bridgehead atoms. The molecule has 0 spiro atoms. The Hall–Kier alpha value is -2.99. The van der Waals surface area contributed by atoms with E-state index in [0.717, 1.165) is 15.2 Å². The van der Waals surface area contributed by atoms with Crippen molar-refractivity contribution in [2.24, 2.45) is 0 Å². The summed E-state index contributed by atoms with van der Waals surface area (Å²) in [6.07, 6.45) is 0. The van der Waals surface area contributed by atoms with Crippen LogP contribution in [-0.4, -0.2) is 9.91 Å². The largest absolute Gasteiger partial charge is 0.454 e. The molecule has 5 nitrogen and oxygen atoms in total. The summed E-state index contributed by atoms with van der Waals surface area (Å²) in [5.74, 6) is 1.25. The van der Waals surface area contributed by atoms with Gasteiger partial charge in [0.05, 0.1) is 15.1 Å². The standard InChI is InChI=1S/C17H10N2O3S/c20-19(21)12-5-3-4-11(10-12)14-8-9-15(22-14)17-18-13-6-1-2-7-16(13)23-17/h1-10H. The fourth-order valence-corrected chi connectivity index (χ4v) is 3.29. The number of aromatic nitrogens is 1. The Bertz CT molecular complexity index is 986. The van der Waals surface area contributed by atoms with Crippen LogP contribution in [0.5, 0.6) is 0 Å². The van der Waals surface area contributed by atoms with Gasteiger partial charge >= 0.3 is 0 Å². The molecular formula is C17H10N2O3S. The highest BCUT2D eigenvalue weighted by molar-refractivity contribution is 7.21. The molecular weight excluding hydrogens is 312 g/mol. The molecule has 2 aromatic heterocycles. The molecule has 2 aromatic carbocycles. The van der Waals surface area contributed by atoms with E-state index in [0.29, 0.717) is 17.1 Å². The van der Waals surface area contributed by atoms with Gasteiger partial charge in [-0.1, -0.05) is 24.3 Å². The monoisotopic (exact) mass is 322 g/mol. The minimum absolute atomic E-state index is 0.0421. The van der Waals surface area contributed by atoms with E-state index < -0.39 is 4.92 Å². The summed E-state index contributed by atoms with van der Waals surface area (Å²) >= 11 is 1.55. The minimum Gasteiger partial charge on any atom is -0.454 e. The Balaban J connectivity index is 1.74. The lowest BCUT2D eigenvalue weighted by atomic mass is 10.1. The van der Waals surface area contributed by atoms with Gasteiger partial charge in [-0.2, -0.15) is 0 Å². The van der Waals surface area contributed by atoms with Crippen LogP contribution in [0.4, 0.5) is 5.69 Å². The second kappa shape index (κ2) is 5.33. The Kier molecular flexibility index (Phi) is 3.17. The average Bonchev–Trinajstić information content (AvgIpc) is 3.21. The van der Waals surface area contributed by atoms with E-state index in [1.165, 1.54) is 12.1 Å². The Morgan fingerprint density at radius 1 is 1.00 bits per heavy atom. The van der Waals surface area contributed by atoms with Gasteiger partial charge in [0.15, 0.2) is 10.8 Å². The van der Waals surface area contributed by atoms with Crippen molar-refractivity contribution >= 4 is 27.2 Å². The number of nitro groups is 1. The second-order valence-electron chi connectivity index (χ2n) is 4.96. The van der Waals surface area contributed by atoms with E-state index >= 15 is 0 Å². The minimum atomic E-state index is -0.416. The Morgan fingerprint density at radius 2 is 1.83 bits per heavy atom. The summed E-state index contributed by atoms with van der Waals surface area (Å²) in [7, 11) is 0. The van der Waals surface area contributed by atoms with Crippen molar-refractivity contribution in [2.75, 3.05) is 0 Å². The number of hydrogen-bond donors (Lipinski definition) is 0. The molecule has 0 aliphatic rings. The van der Waals surface area contributed by atoms with Gasteiger partial charge < -0.3 is 4.42 Å². The number of para-hydroxylation sites is 1. The Labute approximate surface area is 135 Å². The first-order chi connectivity index (χ1) is 11.2. The molecule has 4 aromatic rings. The molecule has 0 N–H and O–H groups in total. The fourth-order valence-electron chi connectivity index (χ4n) is 2.36. The normalized spacial score (nSPS) is 11.0. The number of thiazole rings is 1. The van der Waals surface area contributed by atoms with Gasteiger partial charge in [-0.3, -0.25) is 10.1 Å². The number of non-ortho nitro benzene ring substituents is 1.